The van der Waals surface area contributed by atoms with Crippen LogP contribution in [-0.2, 0) is 12.3 Å². The summed E-state index contributed by atoms with van der Waals surface area (Å²) in [5.74, 6) is 0.441. The molecule has 9 heteroatoms. The van der Waals surface area contributed by atoms with Gasteiger partial charge in [-0.2, -0.15) is 0 Å². The first-order valence-electron chi connectivity index (χ1n) is 7.85. The molecule has 0 unspecified atom stereocenters. The molecule has 0 atom stereocenters. The van der Waals surface area contributed by atoms with E-state index >= 15 is 0 Å². The summed E-state index contributed by atoms with van der Waals surface area (Å²) in [6, 6.07) is 6.72. The predicted molar refractivity (Wildman–Crippen MR) is 106 cm³/mol. The van der Waals surface area contributed by atoms with Gasteiger partial charge in [0, 0.05) is 24.6 Å². The first-order valence-corrected chi connectivity index (χ1v) is 10.1. The van der Waals surface area contributed by atoms with E-state index < -0.39 is 0 Å². The summed E-state index contributed by atoms with van der Waals surface area (Å²) in [7, 11) is 0. The molecule has 4 heterocycles. The zero-order chi connectivity index (χ0) is 18.3. The van der Waals surface area contributed by atoms with Crippen molar-refractivity contribution in [3.05, 3.63) is 67.3 Å². The van der Waals surface area contributed by atoms with E-state index in [4.69, 9.17) is 11.6 Å². The molecule has 4 aromatic heterocycles. The van der Waals surface area contributed by atoms with Crippen molar-refractivity contribution in [1.82, 2.24) is 18.9 Å². The Morgan fingerprint density at radius 3 is 2.88 bits per heavy atom. The average molecular weight is 405 g/mol. The molecule has 0 saturated carbocycles. The van der Waals surface area contributed by atoms with Crippen molar-refractivity contribution in [3.63, 3.8) is 0 Å². The Morgan fingerprint density at radius 1 is 1.23 bits per heavy atom. The molecule has 0 N–H and O–H groups in total. The fraction of sp³-hybridized carbons (Fsp3) is 0.176. The summed E-state index contributed by atoms with van der Waals surface area (Å²) in [5, 5.41) is 2.97. The molecule has 4 rings (SSSR count). The minimum absolute atomic E-state index is 0.0313. The van der Waals surface area contributed by atoms with Gasteiger partial charge in [-0.15, -0.1) is 11.3 Å². The lowest BCUT2D eigenvalue weighted by Gasteiger charge is -2.09. The van der Waals surface area contributed by atoms with Crippen LogP contribution in [0.25, 0.3) is 15.9 Å². The fourth-order valence-corrected chi connectivity index (χ4v) is 4.55. The van der Waals surface area contributed by atoms with Crippen molar-refractivity contribution in [2.75, 3.05) is 0 Å². The monoisotopic (exact) mass is 404 g/mol. The molecule has 6 nitrogen and oxygen atoms in total. The van der Waals surface area contributed by atoms with Crippen LogP contribution in [0.2, 0.25) is 5.02 Å². The molecule has 0 aliphatic rings. The van der Waals surface area contributed by atoms with E-state index in [0.717, 1.165) is 0 Å². The third-order valence-corrected chi connectivity index (χ3v) is 6.00. The van der Waals surface area contributed by atoms with Crippen molar-refractivity contribution < 1.29 is 0 Å². The molecule has 4 aromatic rings. The summed E-state index contributed by atoms with van der Waals surface area (Å²) in [5.41, 5.74) is 1.64. The van der Waals surface area contributed by atoms with E-state index in [0.29, 0.717) is 44.0 Å². The predicted octanol–water partition coefficient (Wildman–Crippen LogP) is 3.43. The molecule has 0 saturated heterocycles. The Bertz CT molecular complexity index is 1250. The lowest BCUT2D eigenvalue weighted by molar-refractivity contribution is 0.635. The number of rotatable bonds is 4. The summed E-state index contributed by atoms with van der Waals surface area (Å²) >= 11 is 8.72. The summed E-state index contributed by atoms with van der Waals surface area (Å²) in [6.07, 6.45) is 1.55. The van der Waals surface area contributed by atoms with Crippen LogP contribution in [0, 0.1) is 0 Å². The Hall–Kier alpha value is -2.16. The highest BCUT2D eigenvalue weighted by atomic mass is 35.5. The minimum Gasteiger partial charge on any atom is -0.287 e. The highest BCUT2D eigenvalue weighted by Gasteiger charge is 2.12. The van der Waals surface area contributed by atoms with Gasteiger partial charge in [-0.1, -0.05) is 23.4 Å². The third-order valence-electron chi connectivity index (χ3n) is 3.87. The number of fused-ring (bicyclic) bond motifs is 2. The van der Waals surface area contributed by atoms with E-state index in [1.807, 2.05) is 18.4 Å². The van der Waals surface area contributed by atoms with Crippen LogP contribution >= 0.6 is 34.7 Å². The number of hydrogen-bond acceptors (Lipinski definition) is 6. The van der Waals surface area contributed by atoms with Gasteiger partial charge in [0.05, 0.1) is 16.2 Å². The lowest BCUT2D eigenvalue weighted by Crippen LogP contribution is -2.21. The number of thioether (sulfide) groups is 1. The quantitative estimate of drug-likeness (QED) is 0.385. The molecular weight excluding hydrogens is 392 g/mol. The van der Waals surface area contributed by atoms with Crippen LogP contribution in [0.1, 0.15) is 12.6 Å². The molecule has 0 radical (unpaired) electrons. The molecular formula is C17H13ClN4O2S2. The Kier molecular flexibility index (Phi) is 4.56. The van der Waals surface area contributed by atoms with Crippen LogP contribution in [-0.4, -0.2) is 18.9 Å². The first-order chi connectivity index (χ1) is 12.6. The second-order valence-electron chi connectivity index (χ2n) is 5.53. The highest BCUT2D eigenvalue weighted by molar-refractivity contribution is 7.98. The molecule has 0 fully saturated rings. The van der Waals surface area contributed by atoms with Crippen molar-refractivity contribution in [1.29, 1.82) is 0 Å². The van der Waals surface area contributed by atoms with Gasteiger partial charge in [-0.25, -0.2) is 9.97 Å². The Labute approximate surface area is 161 Å². The van der Waals surface area contributed by atoms with Crippen LogP contribution in [0.3, 0.4) is 0 Å². The van der Waals surface area contributed by atoms with Gasteiger partial charge < -0.3 is 0 Å². The van der Waals surface area contributed by atoms with Crippen LogP contribution in [0.5, 0.6) is 0 Å². The van der Waals surface area contributed by atoms with Crippen LogP contribution < -0.4 is 11.1 Å². The zero-order valence-electron chi connectivity index (χ0n) is 13.7. The van der Waals surface area contributed by atoms with E-state index in [-0.39, 0.29) is 11.1 Å². The van der Waals surface area contributed by atoms with Crippen LogP contribution in [0.4, 0.5) is 0 Å². The van der Waals surface area contributed by atoms with Crippen molar-refractivity contribution in [3.8, 4) is 0 Å². The van der Waals surface area contributed by atoms with Gasteiger partial charge >= 0.3 is 0 Å². The molecule has 0 aliphatic heterocycles. The number of aromatic nitrogens is 4. The maximum absolute atomic E-state index is 12.6. The summed E-state index contributed by atoms with van der Waals surface area (Å²) in [6.45, 7) is 2.45. The lowest BCUT2D eigenvalue weighted by atomic mass is 10.4. The number of hydrogen-bond donors (Lipinski definition) is 0. The molecule has 132 valence electrons. The van der Waals surface area contributed by atoms with Gasteiger partial charge in [-0.3, -0.25) is 18.6 Å². The van der Waals surface area contributed by atoms with Crippen molar-refractivity contribution in [2.24, 2.45) is 0 Å². The molecule has 0 aromatic carbocycles. The largest absolute Gasteiger partial charge is 0.287 e. The maximum atomic E-state index is 12.6. The maximum Gasteiger partial charge on any atom is 0.272 e. The molecule has 26 heavy (non-hydrogen) atoms. The normalized spacial score (nSPS) is 11.5. The van der Waals surface area contributed by atoms with E-state index in [1.165, 1.54) is 33.6 Å². The van der Waals surface area contributed by atoms with Gasteiger partial charge in [-0.05, 0) is 30.5 Å². The molecule has 0 amide bonds. The minimum atomic E-state index is -0.192. The second-order valence-corrected chi connectivity index (χ2v) is 7.82. The van der Waals surface area contributed by atoms with E-state index in [1.54, 1.807) is 22.9 Å². The number of thiophene rings is 1. The second kappa shape index (κ2) is 6.86. The average Bonchev–Trinajstić information content (AvgIpc) is 3.09. The smallest absolute Gasteiger partial charge is 0.272 e. The van der Waals surface area contributed by atoms with E-state index in [9.17, 15) is 9.59 Å². The fourth-order valence-electron chi connectivity index (χ4n) is 2.65. The Balaban J connectivity index is 1.70. The highest BCUT2D eigenvalue weighted by Crippen LogP contribution is 2.23. The van der Waals surface area contributed by atoms with Gasteiger partial charge in [0.15, 0.2) is 5.16 Å². The van der Waals surface area contributed by atoms with E-state index in [2.05, 4.69) is 9.97 Å². The SMILES string of the molecule is CCn1c(SCc2cc(=O)n3cc(Cl)ccc3n2)nc2ccsc2c1=O. The van der Waals surface area contributed by atoms with Gasteiger partial charge in [0.2, 0.25) is 0 Å². The van der Waals surface area contributed by atoms with Gasteiger partial charge in [0.1, 0.15) is 10.3 Å². The summed E-state index contributed by atoms with van der Waals surface area (Å²) in [4.78, 5) is 33.9. The van der Waals surface area contributed by atoms with Crippen molar-refractivity contribution in [2.45, 2.75) is 24.4 Å². The topological polar surface area (TPSA) is 69.3 Å². The van der Waals surface area contributed by atoms with Crippen LogP contribution in [0.15, 0.2) is 50.6 Å². The number of halogens is 1. The van der Waals surface area contributed by atoms with Gasteiger partial charge in [0.25, 0.3) is 11.1 Å². The molecule has 0 bridgehead atoms. The Morgan fingerprint density at radius 2 is 2.08 bits per heavy atom. The summed E-state index contributed by atoms with van der Waals surface area (Å²) < 4.78 is 3.72. The standard InChI is InChI=1S/C17H13ClN4O2S2/c1-2-21-16(24)15-12(5-6-25-15)20-17(21)26-9-11-7-14(23)22-8-10(18)3-4-13(22)19-11/h3-8H,2,9H2,1H3. The first kappa shape index (κ1) is 17.3. The molecule has 0 spiro atoms. The third kappa shape index (κ3) is 3.04. The number of nitrogens with zero attached hydrogens (tertiary/aromatic N) is 4. The van der Waals surface area contributed by atoms with Crippen molar-refractivity contribution >= 4 is 50.6 Å². The number of pyridine rings is 1. The molecule has 0 aliphatic carbocycles. The zero-order valence-corrected chi connectivity index (χ0v) is 16.1.